The molecule has 0 aromatic rings. The molecule has 0 fully saturated rings. The first-order valence-corrected chi connectivity index (χ1v) is 3.03. The lowest BCUT2D eigenvalue weighted by Crippen LogP contribution is -2.42. The van der Waals surface area contributed by atoms with Crippen LogP contribution in [0.15, 0.2) is 0 Å². The van der Waals surface area contributed by atoms with Gasteiger partial charge in [0.15, 0.2) is 0 Å². The summed E-state index contributed by atoms with van der Waals surface area (Å²) in [6.07, 6.45) is -0.692. The fourth-order valence-corrected chi connectivity index (χ4v) is 0.443. The van der Waals surface area contributed by atoms with Crippen LogP contribution in [-0.4, -0.2) is 35.5 Å². The van der Waals surface area contributed by atoms with E-state index in [1.807, 2.05) is 0 Å². The third kappa shape index (κ3) is 3.46. The third-order valence-electron chi connectivity index (χ3n) is 1.21. The van der Waals surface area contributed by atoms with Crippen LogP contribution in [0.4, 0.5) is 0 Å². The molecule has 0 rings (SSSR count). The van der Waals surface area contributed by atoms with Crippen LogP contribution in [0.1, 0.15) is 13.8 Å². The highest BCUT2D eigenvalue weighted by atomic mass is 16.3. The van der Waals surface area contributed by atoms with Gasteiger partial charge in [-0.05, 0) is 20.9 Å². The van der Waals surface area contributed by atoms with Crippen LogP contribution in [0.3, 0.4) is 0 Å². The van der Waals surface area contributed by atoms with E-state index in [1.165, 1.54) is 0 Å². The van der Waals surface area contributed by atoms with Crippen LogP contribution in [0, 0.1) is 0 Å². The topological polar surface area (TPSA) is 52.5 Å². The molecule has 0 aromatic carbocycles. The van der Waals surface area contributed by atoms with Gasteiger partial charge in [-0.15, -0.1) is 0 Å². The molecule has 0 aliphatic rings. The van der Waals surface area contributed by atoms with Crippen molar-refractivity contribution >= 4 is 0 Å². The second-order valence-corrected chi connectivity index (χ2v) is 2.73. The number of nitrogens with one attached hydrogen (secondary N) is 1. The molecule has 56 valence electrons. The van der Waals surface area contributed by atoms with Crippen molar-refractivity contribution in [1.82, 2.24) is 5.32 Å². The third-order valence-corrected chi connectivity index (χ3v) is 1.21. The second-order valence-electron chi connectivity index (χ2n) is 2.73. The number of aliphatic hydroxyl groups excluding tert-OH is 1. The Bertz CT molecular complexity index is 77.6. The van der Waals surface area contributed by atoms with Crippen molar-refractivity contribution in [2.75, 3.05) is 13.6 Å². The Hall–Kier alpha value is -0.120. The average molecular weight is 133 g/mol. The summed E-state index contributed by atoms with van der Waals surface area (Å²) in [6, 6.07) is 0. The second kappa shape index (κ2) is 3.15. The standard InChI is InChI=1S/C6H15NO2/c1-6(2,9)5(8)4-7-3/h5,7-9H,4H2,1-3H3. The first-order chi connectivity index (χ1) is 3.98. The molecule has 3 N–H and O–H groups in total. The van der Waals surface area contributed by atoms with Crippen molar-refractivity contribution in [3.8, 4) is 0 Å². The van der Waals surface area contributed by atoms with Crippen molar-refractivity contribution in [3.05, 3.63) is 0 Å². The molecule has 3 heteroatoms. The number of likely N-dealkylation sites (N-methyl/N-ethyl adjacent to an activating group) is 1. The molecule has 9 heavy (non-hydrogen) atoms. The van der Waals surface area contributed by atoms with E-state index < -0.39 is 11.7 Å². The van der Waals surface area contributed by atoms with Gasteiger partial charge in [0.1, 0.15) is 0 Å². The molecule has 0 saturated carbocycles. The van der Waals surface area contributed by atoms with E-state index in [4.69, 9.17) is 10.2 Å². The van der Waals surface area contributed by atoms with Crippen LogP contribution in [0.5, 0.6) is 0 Å². The quantitative estimate of drug-likeness (QED) is 0.479. The van der Waals surface area contributed by atoms with Gasteiger partial charge in [0.05, 0.1) is 11.7 Å². The lowest BCUT2D eigenvalue weighted by atomic mass is 10.0. The molecule has 0 saturated heterocycles. The van der Waals surface area contributed by atoms with Gasteiger partial charge in [0, 0.05) is 6.54 Å². The average Bonchev–Trinajstić information content (AvgIpc) is 1.64. The van der Waals surface area contributed by atoms with E-state index in [9.17, 15) is 0 Å². The first-order valence-electron chi connectivity index (χ1n) is 3.03. The van der Waals surface area contributed by atoms with E-state index in [0.717, 1.165) is 0 Å². The Kier molecular flexibility index (Phi) is 3.11. The molecule has 0 aliphatic carbocycles. The maximum Gasteiger partial charge on any atom is 0.0945 e. The van der Waals surface area contributed by atoms with Gasteiger partial charge >= 0.3 is 0 Å². The molecule has 3 nitrogen and oxygen atoms in total. The number of rotatable bonds is 3. The summed E-state index contributed by atoms with van der Waals surface area (Å²) in [5.41, 5.74) is -0.997. The predicted molar refractivity (Wildman–Crippen MR) is 36.2 cm³/mol. The lowest BCUT2D eigenvalue weighted by Gasteiger charge is -2.23. The summed E-state index contributed by atoms with van der Waals surface area (Å²) < 4.78 is 0. The van der Waals surface area contributed by atoms with Gasteiger partial charge in [0.25, 0.3) is 0 Å². The molecule has 0 spiro atoms. The van der Waals surface area contributed by atoms with Gasteiger partial charge in [-0.1, -0.05) is 0 Å². The molecule has 0 aromatic heterocycles. The van der Waals surface area contributed by atoms with Crippen molar-refractivity contribution in [1.29, 1.82) is 0 Å². The molecular formula is C6H15NO2. The van der Waals surface area contributed by atoms with Crippen molar-refractivity contribution in [2.24, 2.45) is 0 Å². The van der Waals surface area contributed by atoms with Gasteiger partial charge in [-0.3, -0.25) is 0 Å². The predicted octanol–water partition coefficient (Wildman–Crippen LogP) is -0.662. The highest BCUT2D eigenvalue weighted by Gasteiger charge is 2.22. The molecular weight excluding hydrogens is 118 g/mol. The molecule has 0 amide bonds. The minimum Gasteiger partial charge on any atom is -0.389 e. The van der Waals surface area contributed by atoms with E-state index in [2.05, 4.69) is 5.32 Å². The van der Waals surface area contributed by atoms with E-state index in [0.29, 0.717) is 6.54 Å². The van der Waals surface area contributed by atoms with Crippen LogP contribution >= 0.6 is 0 Å². The fraction of sp³-hybridized carbons (Fsp3) is 1.00. The van der Waals surface area contributed by atoms with Gasteiger partial charge in [-0.25, -0.2) is 0 Å². The summed E-state index contributed by atoms with van der Waals surface area (Å²) in [7, 11) is 1.73. The maximum absolute atomic E-state index is 9.13. The normalized spacial score (nSPS) is 15.7. The molecule has 0 aliphatic heterocycles. The molecule has 0 bridgehead atoms. The molecule has 0 radical (unpaired) electrons. The Morgan fingerprint density at radius 1 is 1.56 bits per heavy atom. The fourth-order valence-electron chi connectivity index (χ4n) is 0.443. The Labute approximate surface area is 55.7 Å². The summed E-state index contributed by atoms with van der Waals surface area (Å²) in [5, 5.41) is 21.0. The SMILES string of the molecule is CNCC(O)C(C)(C)O. The van der Waals surface area contributed by atoms with Crippen LogP contribution in [-0.2, 0) is 0 Å². The summed E-state index contributed by atoms with van der Waals surface area (Å²) in [4.78, 5) is 0. The van der Waals surface area contributed by atoms with Gasteiger partial charge < -0.3 is 15.5 Å². The maximum atomic E-state index is 9.13. The lowest BCUT2D eigenvalue weighted by molar-refractivity contribution is -0.0454. The van der Waals surface area contributed by atoms with E-state index >= 15 is 0 Å². The smallest absolute Gasteiger partial charge is 0.0945 e. The van der Waals surface area contributed by atoms with Crippen LogP contribution < -0.4 is 5.32 Å². The Balaban J connectivity index is 3.59. The monoisotopic (exact) mass is 133 g/mol. The number of hydrogen-bond donors (Lipinski definition) is 3. The van der Waals surface area contributed by atoms with Crippen LogP contribution in [0.2, 0.25) is 0 Å². The van der Waals surface area contributed by atoms with E-state index in [-0.39, 0.29) is 0 Å². The molecule has 0 heterocycles. The zero-order valence-electron chi connectivity index (χ0n) is 6.18. The van der Waals surface area contributed by atoms with Crippen molar-refractivity contribution in [2.45, 2.75) is 25.6 Å². The minimum absolute atomic E-state index is 0.420. The first kappa shape index (κ1) is 8.88. The van der Waals surface area contributed by atoms with Crippen molar-refractivity contribution < 1.29 is 10.2 Å². The summed E-state index contributed by atoms with van der Waals surface area (Å²) in [5.74, 6) is 0. The van der Waals surface area contributed by atoms with Crippen molar-refractivity contribution in [3.63, 3.8) is 0 Å². The number of aliphatic hydroxyl groups is 2. The largest absolute Gasteiger partial charge is 0.389 e. The minimum atomic E-state index is -0.997. The molecule has 1 unspecified atom stereocenters. The van der Waals surface area contributed by atoms with E-state index in [1.54, 1.807) is 20.9 Å². The molecule has 1 atom stereocenters. The highest BCUT2D eigenvalue weighted by molar-refractivity contribution is 4.76. The van der Waals surface area contributed by atoms with Gasteiger partial charge in [0.2, 0.25) is 0 Å². The zero-order valence-corrected chi connectivity index (χ0v) is 6.18. The summed E-state index contributed by atoms with van der Waals surface area (Å²) >= 11 is 0. The van der Waals surface area contributed by atoms with Gasteiger partial charge in [-0.2, -0.15) is 0 Å². The van der Waals surface area contributed by atoms with Crippen LogP contribution in [0.25, 0.3) is 0 Å². The summed E-state index contributed by atoms with van der Waals surface area (Å²) in [6.45, 7) is 3.58. The zero-order chi connectivity index (χ0) is 7.49. The highest BCUT2D eigenvalue weighted by Crippen LogP contribution is 2.06. The number of hydrogen-bond acceptors (Lipinski definition) is 3. The Morgan fingerprint density at radius 2 is 2.00 bits per heavy atom. The Morgan fingerprint density at radius 3 is 2.11 bits per heavy atom.